The van der Waals surface area contributed by atoms with Crippen LogP contribution >= 0.6 is 0 Å². The van der Waals surface area contributed by atoms with Gasteiger partial charge in [-0.15, -0.1) is 0 Å². The van der Waals surface area contributed by atoms with Crippen LogP contribution in [0.15, 0.2) is 54.6 Å². The lowest BCUT2D eigenvalue weighted by atomic mass is 9.86. The van der Waals surface area contributed by atoms with Gasteiger partial charge in [-0.1, -0.05) is 67.8 Å². The van der Waals surface area contributed by atoms with E-state index in [4.69, 9.17) is 19.2 Å². The Hall–Kier alpha value is -2.80. The smallest absolute Gasteiger partial charge is 0.339 e. The topological polar surface area (TPSA) is 60.9 Å². The SMILES string of the molecule is COCCN(CCOC)Cc1c(-c2ccccc2)nc2ccccc2c1C(=O)OC(C)C1CCCCC1. The van der Waals surface area contributed by atoms with Crippen molar-refractivity contribution in [1.29, 1.82) is 0 Å². The zero-order chi connectivity index (χ0) is 26.0. The molecule has 4 rings (SSSR count). The molecule has 1 heterocycles. The zero-order valence-corrected chi connectivity index (χ0v) is 22.4. The van der Waals surface area contributed by atoms with E-state index in [1.807, 2.05) is 42.5 Å². The van der Waals surface area contributed by atoms with Crippen LogP contribution in [0.2, 0.25) is 0 Å². The predicted octanol–water partition coefficient (Wildman–Crippen LogP) is 6.12. The molecule has 2 aromatic carbocycles. The summed E-state index contributed by atoms with van der Waals surface area (Å²) in [5.41, 5.74) is 4.10. The Morgan fingerprint density at radius 1 is 0.946 bits per heavy atom. The Labute approximate surface area is 220 Å². The number of ether oxygens (including phenoxy) is 3. The quantitative estimate of drug-likeness (QED) is 0.277. The lowest BCUT2D eigenvalue weighted by Gasteiger charge is -2.29. The highest BCUT2D eigenvalue weighted by Crippen LogP contribution is 2.34. The van der Waals surface area contributed by atoms with Gasteiger partial charge in [0.05, 0.1) is 30.0 Å². The molecule has 0 radical (unpaired) electrons. The van der Waals surface area contributed by atoms with Crippen molar-refractivity contribution in [2.75, 3.05) is 40.5 Å². The van der Waals surface area contributed by atoms with Crippen molar-refractivity contribution in [2.24, 2.45) is 5.92 Å². The van der Waals surface area contributed by atoms with Gasteiger partial charge in [0.1, 0.15) is 6.10 Å². The van der Waals surface area contributed by atoms with E-state index < -0.39 is 0 Å². The van der Waals surface area contributed by atoms with E-state index in [9.17, 15) is 4.79 Å². The number of rotatable bonds is 12. The van der Waals surface area contributed by atoms with Crippen molar-refractivity contribution < 1.29 is 19.0 Å². The average Bonchev–Trinajstić information content (AvgIpc) is 2.94. The fourth-order valence-corrected chi connectivity index (χ4v) is 5.34. The third-order valence-corrected chi connectivity index (χ3v) is 7.46. The first-order chi connectivity index (χ1) is 18.1. The maximum Gasteiger partial charge on any atom is 0.339 e. The maximum atomic E-state index is 14.0. The molecule has 1 unspecified atom stereocenters. The van der Waals surface area contributed by atoms with E-state index >= 15 is 0 Å². The molecule has 1 fully saturated rings. The second-order valence-electron chi connectivity index (χ2n) is 9.97. The van der Waals surface area contributed by atoms with Crippen molar-refractivity contribution in [3.05, 3.63) is 65.7 Å². The number of hydrogen-bond donors (Lipinski definition) is 0. The van der Waals surface area contributed by atoms with Gasteiger partial charge < -0.3 is 14.2 Å². The highest BCUT2D eigenvalue weighted by Gasteiger charge is 2.28. The van der Waals surface area contributed by atoms with Gasteiger partial charge in [-0.2, -0.15) is 0 Å². The van der Waals surface area contributed by atoms with Crippen LogP contribution in [0, 0.1) is 5.92 Å². The van der Waals surface area contributed by atoms with E-state index in [-0.39, 0.29) is 12.1 Å². The Morgan fingerprint density at radius 3 is 2.27 bits per heavy atom. The minimum absolute atomic E-state index is 0.120. The number of aromatic nitrogens is 1. The molecule has 0 saturated heterocycles. The molecule has 6 heteroatoms. The van der Waals surface area contributed by atoms with Crippen LogP contribution in [0.5, 0.6) is 0 Å². The molecule has 0 bridgehead atoms. The molecule has 198 valence electrons. The van der Waals surface area contributed by atoms with Gasteiger partial charge in [0.25, 0.3) is 0 Å². The molecule has 37 heavy (non-hydrogen) atoms. The van der Waals surface area contributed by atoms with E-state index in [0.29, 0.717) is 44.3 Å². The second-order valence-corrected chi connectivity index (χ2v) is 9.97. The molecule has 1 aromatic heterocycles. The number of esters is 1. The molecule has 1 aliphatic carbocycles. The fourth-order valence-electron chi connectivity index (χ4n) is 5.34. The largest absolute Gasteiger partial charge is 0.459 e. The summed E-state index contributed by atoms with van der Waals surface area (Å²) >= 11 is 0. The Bertz CT molecular complexity index is 1140. The number of hydrogen-bond acceptors (Lipinski definition) is 6. The lowest BCUT2D eigenvalue weighted by Crippen LogP contribution is -2.32. The lowest BCUT2D eigenvalue weighted by molar-refractivity contribution is 0.0141. The van der Waals surface area contributed by atoms with Crippen LogP contribution < -0.4 is 0 Å². The normalized spacial score (nSPS) is 15.2. The van der Waals surface area contributed by atoms with Gasteiger partial charge in [-0.05, 0) is 31.7 Å². The van der Waals surface area contributed by atoms with Gasteiger partial charge in [-0.3, -0.25) is 4.90 Å². The van der Waals surface area contributed by atoms with Crippen LogP contribution in [-0.2, 0) is 20.8 Å². The molecule has 3 aromatic rings. The minimum Gasteiger partial charge on any atom is -0.459 e. The summed E-state index contributed by atoms with van der Waals surface area (Å²) in [5, 5.41) is 0.830. The molecule has 6 nitrogen and oxygen atoms in total. The molecule has 1 saturated carbocycles. The standard InChI is InChI=1S/C31H40N2O4/c1-23(24-12-6-4-7-13-24)37-31(34)29-26-16-10-11-17-28(26)32-30(25-14-8-5-9-15-25)27(29)22-33(18-20-35-2)19-21-36-3/h5,8-11,14-17,23-24H,4,6-7,12-13,18-22H2,1-3H3. The molecular formula is C31H40N2O4. The van der Waals surface area contributed by atoms with Crippen molar-refractivity contribution in [2.45, 2.75) is 51.7 Å². The molecule has 1 aliphatic rings. The van der Waals surface area contributed by atoms with E-state index in [1.165, 1.54) is 19.3 Å². The summed E-state index contributed by atoms with van der Waals surface area (Å²) in [7, 11) is 3.41. The van der Waals surface area contributed by atoms with E-state index in [1.54, 1.807) is 14.2 Å². The van der Waals surface area contributed by atoms with E-state index in [2.05, 4.69) is 24.0 Å². The van der Waals surface area contributed by atoms with Crippen molar-refractivity contribution in [3.63, 3.8) is 0 Å². The first-order valence-corrected chi connectivity index (χ1v) is 13.5. The molecular weight excluding hydrogens is 464 g/mol. The molecule has 0 N–H and O–H groups in total. The summed E-state index contributed by atoms with van der Waals surface area (Å²) in [4.78, 5) is 21.3. The number of nitrogens with zero attached hydrogens (tertiary/aromatic N) is 2. The second kappa shape index (κ2) is 13.7. The van der Waals surface area contributed by atoms with Crippen molar-refractivity contribution in [1.82, 2.24) is 9.88 Å². The molecule has 1 atom stereocenters. The van der Waals surface area contributed by atoms with E-state index in [0.717, 1.165) is 40.6 Å². The predicted molar refractivity (Wildman–Crippen MR) is 148 cm³/mol. The van der Waals surface area contributed by atoms with Crippen LogP contribution in [0.4, 0.5) is 0 Å². The van der Waals surface area contributed by atoms with Crippen LogP contribution in [0.1, 0.15) is 54.9 Å². The average molecular weight is 505 g/mol. The Morgan fingerprint density at radius 2 is 1.59 bits per heavy atom. The number of methoxy groups -OCH3 is 2. The van der Waals surface area contributed by atoms with Gasteiger partial charge in [0.15, 0.2) is 0 Å². The number of fused-ring (bicyclic) bond motifs is 1. The summed E-state index contributed by atoms with van der Waals surface area (Å²) in [6, 6.07) is 18.0. The van der Waals surface area contributed by atoms with Crippen molar-refractivity contribution in [3.8, 4) is 11.3 Å². The summed E-state index contributed by atoms with van der Waals surface area (Å²) in [6.45, 7) is 5.20. The maximum absolute atomic E-state index is 14.0. The monoisotopic (exact) mass is 504 g/mol. The number of benzene rings is 2. The van der Waals surface area contributed by atoms with Gasteiger partial charge in [0.2, 0.25) is 0 Å². The molecule has 0 aliphatic heterocycles. The molecule has 0 amide bonds. The zero-order valence-electron chi connectivity index (χ0n) is 22.4. The van der Waals surface area contributed by atoms with Gasteiger partial charge in [0, 0.05) is 50.4 Å². The third kappa shape index (κ3) is 6.95. The Balaban J connectivity index is 1.81. The minimum atomic E-state index is -0.262. The van der Waals surface area contributed by atoms with Crippen LogP contribution in [-0.4, -0.2) is 62.5 Å². The van der Waals surface area contributed by atoms with Crippen LogP contribution in [0.25, 0.3) is 22.2 Å². The van der Waals surface area contributed by atoms with Gasteiger partial charge in [-0.25, -0.2) is 9.78 Å². The fraction of sp³-hybridized carbons (Fsp3) is 0.484. The van der Waals surface area contributed by atoms with Gasteiger partial charge >= 0.3 is 5.97 Å². The van der Waals surface area contributed by atoms with Crippen molar-refractivity contribution >= 4 is 16.9 Å². The first kappa shape index (κ1) is 27.2. The number of para-hydroxylation sites is 1. The highest BCUT2D eigenvalue weighted by molar-refractivity contribution is 6.06. The number of pyridine rings is 1. The van der Waals surface area contributed by atoms with Crippen LogP contribution in [0.3, 0.4) is 0 Å². The summed E-state index contributed by atoms with van der Waals surface area (Å²) < 4.78 is 17.0. The summed E-state index contributed by atoms with van der Waals surface area (Å²) in [6.07, 6.45) is 5.82. The third-order valence-electron chi connectivity index (χ3n) is 7.46. The number of carbonyl (C=O) groups excluding carboxylic acids is 1. The molecule has 0 spiro atoms. The Kier molecular flexibility index (Phi) is 10.1. The summed E-state index contributed by atoms with van der Waals surface area (Å²) in [5.74, 6) is 0.157. The number of carbonyl (C=O) groups is 1. The highest BCUT2D eigenvalue weighted by atomic mass is 16.5. The first-order valence-electron chi connectivity index (χ1n) is 13.5.